The average molecular weight is 294 g/mol. The molecule has 1 aromatic rings. The lowest BCUT2D eigenvalue weighted by atomic mass is 10.1. The van der Waals surface area contributed by atoms with Crippen LogP contribution >= 0.6 is 0 Å². The van der Waals surface area contributed by atoms with Crippen LogP contribution in [0.4, 0.5) is 11.5 Å². The summed E-state index contributed by atoms with van der Waals surface area (Å²) in [7, 11) is 3.31. The third kappa shape index (κ3) is 3.27. The van der Waals surface area contributed by atoms with E-state index in [2.05, 4.69) is 10.3 Å². The molecule has 1 saturated heterocycles. The molecule has 1 fully saturated rings. The van der Waals surface area contributed by atoms with Gasteiger partial charge in [0, 0.05) is 39.4 Å². The van der Waals surface area contributed by atoms with Crippen molar-refractivity contribution >= 4 is 17.4 Å². The first-order valence-corrected chi connectivity index (χ1v) is 6.71. The lowest BCUT2D eigenvalue weighted by molar-refractivity contribution is -0.385. The number of amides is 1. The second-order valence-corrected chi connectivity index (χ2v) is 4.85. The number of rotatable bonds is 4. The Balaban J connectivity index is 2.29. The molecule has 1 aliphatic rings. The van der Waals surface area contributed by atoms with Crippen LogP contribution in [0.15, 0.2) is 12.3 Å². The number of carbonyl (C=O) groups is 1. The summed E-state index contributed by atoms with van der Waals surface area (Å²) < 4.78 is 5.27. The summed E-state index contributed by atoms with van der Waals surface area (Å²) in [6.45, 7) is 1.20. The van der Waals surface area contributed by atoms with Crippen LogP contribution in [-0.4, -0.2) is 54.1 Å². The maximum Gasteiger partial charge on any atom is 0.300 e. The number of hydrogen-bond acceptors (Lipinski definition) is 6. The van der Waals surface area contributed by atoms with Crippen molar-refractivity contribution in [3.8, 4) is 0 Å². The van der Waals surface area contributed by atoms with E-state index in [4.69, 9.17) is 4.74 Å². The minimum atomic E-state index is -0.586. The minimum absolute atomic E-state index is 0.0389. The van der Waals surface area contributed by atoms with E-state index in [9.17, 15) is 14.9 Å². The van der Waals surface area contributed by atoms with Crippen molar-refractivity contribution in [1.29, 1.82) is 0 Å². The molecule has 21 heavy (non-hydrogen) atoms. The number of hydrogen-bond donors (Lipinski definition) is 1. The van der Waals surface area contributed by atoms with E-state index < -0.39 is 4.92 Å². The van der Waals surface area contributed by atoms with Crippen molar-refractivity contribution in [3.63, 3.8) is 0 Å². The van der Waals surface area contributed by atoms with E-state index in [1.165, 1.54) is 6.07 Å². The highest BCUT2D eigenvalue weighted by Gasteiger charge is 2.28. The number of carbonyl (C=O) groups excluding carboxylic acids is 1. The van der Waals surface area contributed by atoms with Crippen molar-refractivity contribution in [2.24, 2.45) is 0 Å². The summed E-state index contributed by atoms with van der Waals surface area (Å²) in [6.07, 6.45) is 2.58. The van der Waals surface area contributed by atoms with Gasteiger partial charge in [0.2, 0.25) is 0 Å². The first-order valence-electron chi connectivity index (χ1n) is 6.71. The second kappa shape index (κ2) is 6.49. The van der Waals surface area contributed by atoms with E-state index in [0.717, 1.165) is 19.0 Å². The molecule has 114 valence electrons. The SMILES string of the molecule is CNc1cc(C(=O)N(C)C2CCOCC2)c([N+](=O)[O-])cn1. The third-order valence-corrected chi connectivity index (χ3v) is 3.63. The fourth-order valence-corrected chi connectivity index (χ4v) is 2.33. The van der Waals surface area contributed by atoms with Crippen molar-refractivity contribution in [1.82, 2.24) is 9.88 Å². The fourth-order valence-electron chi connectivity index (χ4n) is 2.33. The minimum Gasteiger partial charge on any atom is -0.381 e. The fraction of sp³-hybridized carbons (Fsp3) is 0.538. The third-order valence-electron chi connectivity index (χ3n) is 3.63. The Bertz CT molecular complexity index is 543. The summed E-state index contributed by atoms with van der Waals surface area (Å²) in [4.78, 5) is 28.5. The smallest absolute Gasteiger partial charge is 0.300 e. The molecule has 0 bridgehead atoms. The van der Waals surface area contributed by atoms with Crippen LogP contribution < -0.4 is 5.32 Å². The Morgan fingerprint density at radius 2 is 2.19 bits per heavy atom. The van der Waals surface area contributed by atoms with Crippen molar-refractivity contribution in [2.45, 2.75) is 18.9 Å². The summed E-state index contributed by atoms with van der Waals surface area (Å²) in [5.74, 6) is 0.0526. The van der Waals surface area contributed by atoms with Gasteiger partial charge >= 0.3 is 0 Å². The predicted molar refractivity (Wildman–Crippen MR) is 76.4 cm³/mol. The Morgan fingerprint density at radius 3 is 2.76 bits per heavy atom. The van der Waals surface area contributed by atoms with Gasteiger partial charge < -0.3 is 15.0 Å². The molecule has 8 nitrogen and oxygen atoms in total. The molecule has 0 saturated carbocycles. The van der Waals surface area contributed by atoms with Crippen LogP contribution in [0.25, 0.3) is 0 Å². The van der Waals surface area contributed by atoms with Gasteiger partial charge in [-0.15, -0.1) is 0 Å². The number of nitro groups is 1. The van der Waals surface area contributed by atoms with Gasteiger partial charge in [-0.05, 0) is 12.8 Å². The largest absolute Gasteiger partial charge is 0.381 e. The molecule has 1 aliphatic heterocycles. The number of nitrogens with zero attached hydrogens (tertiary/aromatic N) is 3. The zero-order chi connectivity index (χ0) is 15.4. The quantitative estimate of drug-likeness (QED) is 0.663. The molecule has 0 spiro atoms. The van der Waals surface area contributed by atoms with Gasteiger partial charge in [0.25, 0.3) is 11.6 Å². The maximum atomic E-state index is 12.6. The number of aromatic nitrogens is 1. The molecule has 0 unspecified atom stereocenters. The normalized spacial score (nSPS) is 15.5. The van der Waals surface area contributed by atoms with Gasteiger partial charge in [0.05, 0.1) is 4.92 Å². The van der Waals surface area contributed by atoms with Gasteiger partial charge in [-0.3, -0.25) is 14.9 Å². The molecule has 0 aliphatic carbocycles. The zero-order valence-corrected chi connectivity index (χ0v) is 12.0. The average Bonchev–Trinajstić information content (AvgIpc) is 2.53. The molecular weight excluding hydrogens is 276 g/mol. The molecule has 1 amide bonds. The first kappa shape index (κ1) is 15.2. The summed E-state index contributed by atoms with van der Waals surface area (Å²) in [5, 5.41) is 13.9. The van der Waals surface area contributed by atoms with Gasteiger partial charge in [0.1, 0.15) is 17.6 Å². The van der Waals surface area contributed by atoms with E-state index in [-0.39, 0.29) is 23.2 Å². The maximum absolute atomic E-state index is 12.6. The van der Waals surface area contributed by atoms with Gasteiger partial charge in [-0.25, -0.2) is 4.98 Å². The zero-order valence-electron chi connectivity index (χ0n) is 12.0. The predicted octanol–water partition coefficient (Wildman–Crippen LogP) is 1.28. The highest BCUT2D eigenvalue weighted by Crippen LogP contribution is 2.24. The number of anilines is 1. The van der Waals surface area contributed by atoms with Crippen LogP contribution in [0.5, 0.6) is 0 Å². The van der Waals surface area contributed by atoms with Crippen molar-refractivity contribution in [3.05, 3.63) is 27.9 Å². The Kier molecular flexibility index (Phi) is 4.69. The Labute approximate surface area is 122 Å². The molecule has 8 heteroatoms. The number of nitrogens with one attached hydrogen (secondary N) is 1. The molecule has 2 rings (SSSR count). The van der Waals surface area contributed by atoms with Gasteiger partial charge in [-0.2, -0.15) is 0 Å². The van der Waals surface area contributed by atoms with Crippen molar-refractivity contribution in [2.75, 3.05) is 32.6 Å². The summed E-state index contributed by atoms with van der Waals surface area (Å²) in [5.41, 5.74) is -0.230. The summed E-state index contributed by atoms with van der Waals surface area (Å²) in [6, 6.07) is 1.45. The van der Waals surface area contributed by atoms with E-state index in [1.54, 1.807) is 19.0 Å². The number of pyridine rings is 1. The van der Waals surface area contributed by atoms with E-state index >= 15 is 0 Å². The lowest BCUT2D eigenvalue weighted by Gasteiger charge is -2.31. The highest BCUT2D eigenvalue weighted by atomic mass is 16.6. The van der Waals surface area contributed by atoms with Crippen LogP contribution in [0.2, 0.25) is 0 Å². The Hall–Kier alpha value is -2.22. The van der Waals surface area contributed by atoms with Crippen LogP contribution in [0.1, 0.15) is 23.2 Å². The second-order valence-electron chi connectivity index (χ2n) is 4.85. The summed E-state index contributed by atoms with van der Waals surface area (Å²) >= 11 is 0. The first-order chi connectivity index (χ1) is 10.0. The van der Waals surface area contributed by atoms with Crippen LogP contribution in [-0.2, 0) is 4.74 Å². The van der Waals surface area contributed by atoms with E-state index in [0.29, 0.717) is 19.0 Å². The van der Waals surface area contributed by atoms with Gasteiger partial charge in [-0.1, -0.05) is 0 Å². The van der Waals surface area contributed by atoms with Gasteiger partial charge in [0.15, 0.2) is 0 Å². The monoisotopic (exact) mass is 294 g/mol. The van der Waals surface area contributed by atoms with Crippen LogP contribution in [0, 0.1) is 10.1 Å². The topological polar surface area (TPSA) is 97.6 Å². The Morgan fingerprint density at radius 1 is 1.52 bits per heavy atom. The molecule has 1 aromatic heterocycles. The lowest BCUT2D eigenvalue weighted by Crippen LogP contribution is -2.40. The molecule has 0 atom stereocenters. The van der Waals surface area contributed by atoms with Crippen LogP contribution in [0.3, 0.4) is 0 Å². The van der Waals surface area contributed by atoms with E-state index in [1.807, 2.05) is 0 Å². The molecule has 2 heterocycles. The molecule has 1 N–H and O–H groups in total. The standard InChI is InChI=1S/C13H18N4O4/c1-14-12-7-10(11(8-15-12)17(19)20)13(18)16(2)9-3-5-21-6-4-9/h7-9H,3-6H2,1-2H3,(H,14,15). The molecule has 0 aromatic carbocycles. The number of ether oxygens (including phenoxy) is 1. The molecule has 0 radical (unpaired) electrons. The molecular formula is C13H18N4O4. The van der Waals surface area contributed by atoms with Crippen molar-refractivity contribution < 1.29 is 14.5 Å². The highest BCUT2D eigenvalue weighted by molar-refractivity contribution is 5.98.